The van der Waals surface area contributed by atoms with E-state index < -0.39 is 11.5 Å². The number of hydrogen-bond donors (Lipinski definition) is 0. The lowest BCUT2D eigenvalue weighted by Crippen LogP contribution is -2.55. The molecule has 0 N–H and O–H groups in total. The zero-order valence-corrected chi connectivity index (χ0v) is 17.4. The van der Waals surface area contributed by atoms with Crippen LogP contribution in [-0.2, 0) is 17.9 Å². The number of rotatable bonds is 5. The molecule has 1 unspecified atom stereocenters. The molecule has 0 saturated carbocycles. The SMILES string of the molecule is CN(C)CC(=O)N1CCN2c3cc(OCc4ccc(F)c(C#N)c4)nc(=O)n3CC2C1. The summed E-state index contributed by atoms with van der Waals surface area (Å²) in [5.74, 6) is 0.378. The number of halogens is 1. The Morgan fingerprint density at radius 2 is 2.13 bits per heavy atom. The molecule has 1 aromatic heterocycles. The minimum absolute atomic E-state index is 0.0138. The van der Waals surface area contributed by atoms with Crippen molar-refractivity contribution >= 4 is 11.7 Å². The van der Waals surface area contributed by atoms with Gasteiger partial charge in [0, 0.05) is 25.7 Å². The summed E-state index contributed by atoms with van der Waals surface area (Å²) in [5, 5.41) is 8.96. The lowest BCUT2D eigenvalue weighted by atomic mass is 10.1. The van der Waals surface area contributed by atoms with Crippen LogP contribution in [0, 0.1) is 17.1 Å². The van der Waals surface area contributed by atoms with Gasteiger partial charge in [-0.25, -0.2) is 9.18 Å². The monoisotopic (exact) mass is 426 g/mol. The second kappa shape index (κ2) is 8.35. The topological polar surface area (TPSA) is 94.7 Å². The molecule has 10 heteroatoms. The largest absolute Gasteiger partial charge is 0.473 e. The van der Waals surface area contributed by atoms with Crippen LogP contribution in [0.15, 0.2) is 29.1 Å². The van der Waals surface area contributed by atoms with E-state index in [1.54, 1.807) is 16.7 Å². The summed E-state index contributed by atoms with van der Waals surface area (Å²) < 4.78 is 20.7. The minimum atomic E-state index is -0.589. The van der Waals surface area contributed by atoms with Crippen molar-refractivity contribution in [2.45, 2.75) is 19.2 Å². The quantitative estimate of drug-likeness (QED) is 0.684. The van der Waals surface area contributed by atoms with Crippen LogP contribution in [0.3, 0.4) is 0 Å². The van der Waals surface area contributed by atoms with Crippen LogP contribution >= 0.6 is 0 Å². The molecule has 0 radical (unpaired) electrons. The molecule has 162 valence electrons. The fourth-order valence-corrected chi connectivity index (χ4v) is 3.98. The molecule has 1 atom stereocenters. The van der Waals surface area contributed by atoms with Gasteiger partial charge in [0.05, 0.1) is 24.7 Å². The number of benzene rings is 1. The van der Waals surface area contributed by atoms with Crippen LogP contribution in [0.2, 0.25) is 0 Å². The van der Waals surface area contributed by atoms with E-state index in [0.717, 1.165) is 5.82 Å². The number of likely N-dealkylation sites (N-methyl/N-ethyl adjacent to an activating group) is 1. The van der Waals surface area contributed by atoms with Crippen molar-refractivity contribution in [2.24, 2.45) is 0 Å². The van der Waals surface area contributed by atoms with E-state index in [0.29, 0.717) is 38.3 Å². The van der Waals surface area contributed by atoms with Crippen LogP contribution in [0.4, 0.5) is 10.2 Å². The molecule has 31 heavy (non-hydrogen) atoms. The maximum Gasteiger partial charge on any atom is 0.352 e. The molecule has 2 aliphatic rings. The Morgan fingerprint density at radius 1 is 1.32 bits per heavy atom. The summed E-state index contributed by atoms with van der Waals surface area (Å²) in [6.45, 7) is 2.64. The van der Waals surface area contributed by atoms with E-state index in [4.69, 9.17) is 10.00 Å². The molecule has 0 aliphatic carbocycles. The number of ether oxygens (including phenoxy) is 1. The van der Waals surface area contributed by atoms with Crippen LogP contribution in [-0.4, -0.2) is 71.6 Å². The van der Waals surface area contributed by atoms with Gasteiger partial charge in [0.15, 0.2) is 0 Å². The van der Waals surface area contributed by atoms with Gasteiger partial charge in [-0.15, -0.1) is 0 Å². The lowest BCUT2D eigenvalue weighted by Gasteiger charge is -2.38. The van der Waals surface area contributed by atoms with Crippen LogP contribution in [0.5, 0.6) is 5.88 Å². The van der Waals surface area contributed by atoms with Gasteiger partial charge < -0.3 is 19.4 Å². The van der Waals surface area contributed by atoms with Crippen molar-refractivity contribution in [1.29, 1.82) is 5.26 Å². The van der Waals surface area contributed by atoms with Crippen molar-refractivity contribution in [1.82, 2.24) is 19.4 Å². The summed E-state index contributed by atoms with van der Waals surface area (Å²) in [4.78, 5) is 34.8. The van der Waals surface area contributed by atoms with E-state index in [1.807, 2.05) is 23.9 Å². The first-order valence-corrected chi connectivity index (χ1v) is 9.98. The third-order valence-corrected chi connectivity index (χ3v) is 5.48. The van der Waals surface area contributed by atoms with Crippen molar-refractivity contribution < 1.29 is 13.9 Å². The number of piperazine rings is 1. The van der Waals surface area contributed by atoms with E-state index >= 15 is 0 Å². The predicted molar refractivity (Wildman–Crippen MR) is 110 cm³/mol. The van der Waals surface area contributed by atoms with Gasteiger partial charge in [0.1, 0.15) is 24.3 Å². The highest BCUT2D eigenvalue weighted by atomic mass is 19.1. The van der Waals surface area contributed by atoms with Gasteiger partial charge in [-0.05, 0) is 31.8 Å². The van der Waals surface area contributed by atoms with E-state index in [-0.39, 0.29) is 30.0 Å². The lowest BCUT2D eigenvalue weighted by molar-refractivity contribution is -0.132. The molecule has 2 aromatic rings. The number of hydrogen-bond acceptors (Lipinski definition) is 7. The first-order chi connectivity index (χ1) is 14.9. The van der Waals surface area contributed by atoms with E-state index in [1.165, 1.54) is 18.2 Å². The van der Waals surface area contributed by atoms with Gasteiger partial charge >= 0.3 is 5.69 Å². The molecule has 1 saturated heterocycles. The number of carbonyl (C=O) groups excluding carboxylic acids is 1. The molecule has 4 rings (SSSR count). The van der Waals surface area contributed by atoms with Crippen LogP contribution in [0.25, 0.3) is 0 Å². The second-order valence-corrected chi connectivity index (χ2v) is 7.99. The number of anilines is 1. The highest BCUT2D eigenvalue weighted by Crippen LogP contribution is 2.29. The molecule has 1 aromatic carbocycles. The van der Waals surface area contributed by atoms with Crippen molar-refractivity contribution in [3.63, 3.8) is 0 Å². The molecule has 3 heterocycles. The Balaban J connectivity index is 1.47. The third kappa shape index (κ3) is 4.22. The second-order valence-electron chi connectivity index (χ2n) is 7.99. The summed E-state index contributed by atoms with van der Waals surface area (Å²) in [7, 11) is 3.72. The highest BCUT2D eigenvalue weighted by molar-refractivity contribution is 5.78. The maximum atomic E-state index is 13.5. The Labute approximate surface area is 178 Å². The maximum absolute atomic E-state index is 13.5. The molecule has 9 nitrogen and oxygen atoms in total. The average Bonchev–Trinajstić information content (AvgIpc) is 3.11. The Kier molecular flexibility index (Phi) is 5.61. The number of aromatic nitrogens is 2. The minimum Gasteiger partial charge on any atom is -0.473 e. The van der Waals surface area contributed by atoms with Crippen LogP contribution < -0.4 is 15.3 Å². The van der Waals surface area contributed by atoms with Crippen molar-refractivity contribution in [3.05, 3.63) is 51.7 Å². The molecule has 1 fully saturated rings. The Morgan fingerprint density at radius 3 is 2.87 bits per heavy atom. The Hall–Kier alpha value is -3.45. The summed E-state index contributed by atoms with van der Waals surface area (Å²) >= 11 is 0. The molecule has 1 amide bonds. The van der Waals surface area contributed by atoms with Gasteiger partial charge in [-0.2, -0.15) is 10.2 Å². The summed E-state index contributed by atoms with van der Waals surface area (Å²) in [6.07, 6.45) is 0. The molecular formula is C21H23FN6O3. The van der Waals surface area contributed by atoms with E-state index in [2.05, 4.69) is 9.88 Å². The standard InChI is InChI=1S/C21H23FN6O3/c1-25(2)12-20(29)26-5-6-27-16(10-26)11-28-19(27)8-18(24-21(28)30)31-13-14-3-4-17(22)15(7-14)9-23/h3-4,7-8,16H,5-6,10-13H2,1-2H3. The molecular weight excluding hydrogens is 403 g/mol. The highest BCUT2D eigenvalue weighted by Gasteiger charge is 2.37. The number of fused-ring (bicyclic) bond motifs is 3. The smallest absolute Gasteiger partial charge is 0.352 e. The normalized spacial score (nSPS) is 17.3. The number of nitriles is 1. The van der Waals surface area contributed by atoms with Gasteiger partial charge in [-0.1, -0.05) is 6.07 Å². The zero-order valence-electron chi connectivity index (χ0n) is 17.4. The number of nitrogens with zero attached hydrogens (tertiary/aromatic N) is 6. The van der Waals surface area contributed by atoms with Crippen LogP contribution in [0.1, 0.15) is 11.1 Å². The average molecular weight is 426 g/mol. The summed E-state index contributed by atoms with van der Waals surface area (Å²) in [5.41, 5.74) is 0.128. The molecule has 0 bridgehead atoms. The molecule has 0 spiro atoms. The summed E-state index contributed by atoms with van der Waals surface area (Å²) in [6, 6.07) is 7.67. The first kappa shape index (κ1) is 20.8. The Bertz CT molecular complexity index is 1110. The van der Waals surface area contributed by atoms with Gasteiger partial charge in [0.25, 0.3) is 0 Å². The molecule has 2 aliphatic heterocycles. The fourth-order valence-electron chi connectivity index (χ4n) is 3.98. The number of amides is 1. The van der Waals surface area contributed by atoms with E-state index in [9.17, 15) is 14.0 Å². The third-order valence-electron chi connectivity index (χ3n) is 5.48. The predicted octanol–water partition coefficient (Wildman–Crippen LogP) is 0.425. The van der Waals surface area contributed by atoms with Gasteiger partial charge in [-0.3, -0.25) is 9.36 Å². The van der Waals surface area contributed by atoms with Crippen molar-refractivity contribution in [2.75, 3.05) is 45.2 Å². The van der Waals surface area contributed by atoms with Crippen molar-refractivity contribution in [3.8, 4) is 11.9 Å². The fraction of sp³-hybridized carbons (Fsp3) is 0.429. The number of carbonyl (C=O) groups is 1. The zero-order chi connectivity index (χ0) is 22.1. The first-order valence-electron chi connectivity index (χ1n) is 9.98. The van der Waals surface area contributed by atoms with Gasteiger partial charge in [0.2, 0.25) is 11.8 Å².